The van der Waals surface area contributed by atoms with Crippen LogP contribution in [0.25, 0.3) is 22.3 Å². The first-order chi connectivity index (χ1) is 17.2. The highest BCUT2D eigenvalue weighted by molar-refractivity contribution is 7.99. The number of benzene rings is 3. The minimum Gasteiger partial charge on any atom is -0.465 e. The summed E-state index contributed by atoms with van der Waals surface area (Å²) in [5.74, 6) is -0.957. The Kier molecular flexibility index (Phi) is 7.76. The molecular weight excluding hydrogens is 484 g/mol. The molecule has 0 saturated heterocycles. The van der Waals surface area contributed by atoms with Gasteiger partial charge in [0.2, 0.25) is 0 Å². The van der Waals surface area contributed by atoms with E-state index in [1.807, 2.05) is 0 Å². The van der Waals surface area contributed by atoms with Crippen molar-refractivity contribution in [2.75, 3.05) is 14.2 Å². The van der Waals surface area contributed by atoms with Crippen molar-refractivity contribution in [3.63, 3.8) is 0 Å². The standard InChI is InChI=1S/C30H34O4SSi/c1-7-8-9-16-21-24-19-14-10-12-17-22(19)35-23-18-13-11-15-20(23)25(24)28(36(4,5)6)27(30(32)34-3)26(21)29(31)33-2/h10-15,17-18H,7-9,16H2,1-6H3. The van der Waals surface area contributed by atoms with Crippen LogP contribution in [0.1, 0.15) is 52.5 Å². The number of carbonyl (C=O) groups excluding carboxylic acids is 2. The summed E-state index contributed by atoms with van der Waals surface area (Å²) in [6.45, 7) is 8.83. The lowest BCUT2D eigenvalue weighted by Gasteiger charge is -2.30. The van der Waals surface area contributed by atoms with Crippen molar-refractivity contribution in [1.29, 1.82) is 0 Å². The van der Waals surface area contributed by atoms with Gasteiger partial charge in [0, 0.05) is 9.79 Å². The summed E-state index contributed by atoms with van der Waals surface area (Å²) >= 11 is 1.74. The van der Waals surface area contributed by atoms with Crippen LogP contribution in [0, 0.1) is 0 Å². The Morgan fingerprint density at radius 2 is 1.31 bits per heavy atom. The third kappa shape index (κ3) is 4.64. The van der Waals surface area contributed by atoms with E-state index in [-0.39, 0.29) is 0 Å². The number of rotatable bonds is 7. The van der Waals surface area contributed by atoms with Crippen LogP contribution in [0.2, 0.25) is 19.6 Å². The molecule has 0 atom stereocenters. The van der Waals surface area contributed by atoms with Gasteiger partial charge in [-0.15, -0.1) is 0 Å². The maximum absolute atomic E-state index is 13.5. The van der Waals surface area contributed by atoms with Crippen molar-refractivity contribution in [1.82, 2.24) is 0 Å². The van der Waals surface area contributed by atoms with Crippen LogP contribution >= 0.6 is 11.8 Å². The summed E-state index contributed by atoms with van der Waals surface area (Å²) in [6, 6.07) is 16.8. The fourth-order valence-corrected chi connectivity index (χ4v) is 8.27. The van der Waals surface area contributed by atoms with Gasteiger partial charge in [-0.25, -0.2) is 9.59 Å². The topological polar surface area (TPSA) is 52.6 Å². The smallest absolute Gasteiger partial charge is 0.339 e. The number of hydrogen-bond donors (Lipinski definition) is 0. The molecule has 0 spiro atoms. The fraction of sp³-hybridized carbons (Fsp3) is 0.333. The monoisotopic (exact) mass is 518 g/mol. The molecule has 1 heterocycles. The molecule has 0 saturated carbocycles. The Balaban J connectivity index is 2.32. The molecule has 0 amide bonds. The van der Waals surface area contributed by atoms with Crippen LogP contribution in [-0.2, 0) is 15.9 Å². The Labute approximate surface area is 219 Å². The zero-order valence-electron chi connectivity index (χ0n) is 22.0. The minimum atomic E-state index is -2.22. The highest BCUT2D eigenvalue weighted by atomic mass is 32.2. The van der Waals surface area contributed by atoms with Crippen molar-refractivity contribution < 1.29 is 19.1 Å². The second-order valence-electron chi connectivity index (χ2n) is 10.1. The zero-order chi connectivity index (χ0) is 26.0. The van der Waals surface area contributed by atoms with E-state index in [0.29, 0.717) is 17.5 Å². The van der Waals surface area contributed by atoms with Crippen LogP contribution in [0.4, 0.5) is 0 Å². The summed E-state index contributed by atoms with van der Waals surface area (Å²) in [6.07, 6.45) is 3.68. The summed E-state index contributed by atoms with van der Waals surface area (Å²) in [5.41, 5.74) is 5.97. The van der Waals surface area contributed by atoms with E-state index in [1.165, 1.54) is 14.2 Å². The van der Waals surface area contributed by atoms with Gasteiger partial charge in [-0.2, -0.15) is 0 Å². The summed E-state index contributed by atoms with van der Waals surface area (Å²) < 4.78 is 10.7. The quantitative estimate of drug-likeness (QED) is 0.146. The van der Waals surface area contributed by atoms with Crippen LogP contribution in [0.15, 0.2) is 58.3 Å². The van der Waals surface area contributed by atoms with E-state index in [2.05, 4.69) is 75.1 Å². The normalized spacial score (nSPS) is 12.2. The lowest BCUT2D eigenvalue weighted by molar-refractivity contribution is 0.0555. The molecule has 1 aliphatic rings. The molecule has 3 aromatic carbocycles. The summed E-state index contributed by atoms with van der Waals surface area (Å²) in [5, 5.41) is 0.953. The van der Waals surface area contributed by atoms with Gasteiger partial charge in [0.1, 0.15) is 0 Å². The molecule has 0 aromatic heterocycles. The van der Waals surface area contributed by atoms with Gasteiger partial charge in [-0.3, -0.25) is 0 Å². The molecule has 4 nitrogen and oxygen atoms in total. The highest BCUT2D eigenvalue weighted by Crippen LogP contribution is 2.50. The van der Waals surface area contributed by atoms with Crippen LogP contribution in [0.3, 0.4) is 0 Å². The molecule has 1 aliphatic heterocycles. The lowest BCUT2D eigenvalue weighted by atomic mass is 9.82. The maximum atomic E-state index is 13.5. The molecule has 0 bridgehead atoms. The van der Waals surface area contributed by atoms with E-state index in [4.69, 9.17) is 9.47 Å². The van der Waals surface area contributed by atoms with Gasteiger partial charge in [0.05, 0.1) is 33.4 Å². The van der Waals surface area contributed by atoms with Gasteiger partial charge in [-0.05, 0) is 58.0 Å². The maximum Gasteiger partial charge on any atom is 0.339 e. The van der Waals surface area contributed by atoms with Gasteiger partial charge < -0.3 is 9.47 Å². The number of carbonyl (C=O) groups is 2. The van der Waals surface area contributed by atoms with Gasteiger partial charge >= 0.3 is 11.9 Å². The van der Waals surface area contributed by atoms with E-state index in [0.717, 1.165) is 62.1 Å². The first-order valence-corrected chi connectivity index (χ1v) is 16.8. The van der Waals surface area contributed by atoms with Gasteiger partial charge in [-0.1, -0.05) is 87.6 Å². The Morgan fingerprint density at radius 1 is 0.778 bits per heavy atom. The van der Waals surface area contributed by atoms with Crippen LogP contribution in [-0.4, -0.2) is 34.2 Å². The third-order valence-electron chi connectivity index (χ3n) is 6.70. The molecule has 0 fully saturated rings. The molecule has 0 radical (unpaired) electrons. The van der Waals surface area contributed by atoms with Crippen molar-refractivity contribution in [2.45, 2.75) is 62.0 Å². The highest BCUT2D eigenvalue weighted by Gasteiger charge is 2.39. The first-order valence-electron chi connectivity index (χ1n) is 12.5. The van der Waals surface area contributed by atoms with Crippen molar-refractivity contribution in [3.05, 3.63) is 65.2 Å². The first kappa shape index (κ1) is 26.2. The number of esters is 2. The molecule has 0 N–H and O–H groups in total. The van der Waals surface area contributed by atoms with Crippen molar-refractivity contribution in [2.24, 2.45) is 0 Å². The molecule has 3 aromatic rings. The Bertz CT molecular complexity index is 1320. The molecule has 6 heteroatoms. The predicted octanol–water partition coefficient (Wildman–Crippen LogP) is 7.34. The van der Waals surface area contributed by atoms with Crippen molar-refractivity contribution in [3.8, 4) is 22.3 Å². The Morgan fingerprint density at radius 3 is 1.83 bits per heavy atom. The average Bonchev–Trinajstić information content (AvgIpc) is 3.01. The molecule has 36 heavy (non-hydrogen) atoms. The second-order valence-corrected chi connectivity index (χ2v) is 16.2. The number of methoxy groups -OCH3 is 2. The minimum absolute atomic E-state index is 0.371. The number of unbranched alkanes of at least 4 members (excludes halogenated alkanes) is 2. The number of hydrogen-bond acceptors (Lipinski definition) is 5. The number of ether oxygens (including phenoxy) is 2. The summed E-state index contributed by atoms with van der Waals surface area (Å²) in [7, 11) is 0.558. The average molecular weight is 519 g/mol. The van der Waals surface area contributed by atoms with E-state index < -0.39 is 20.0 Å². The van der Waals surface area contributed by atoms with E-state index in [9.17, 15) is 9.59 Å². The van der Waals surface area contributed by atoms with Gasteiger partial charge in [0.25, 0.3) is 0 Å². The third-order valence-corrected chi connectivity index (χ3v) is 9.85. The van der Waals surface area contributed by atoms with E-state index in [1.54, 1.807) is 11.8 Å². The van der Waals surface area contributed by atoms with Crippen LogP contribution < -0.4 is 5.19 Å². The molecule has 188 valence electrons. The largest absolute Gasteiger partial charge is 0.465 e. The van der Waals surface area contributed by atoms with E-state index >= 15 is 0 Å². The van der Waals surface area contributed by atoms with Crippen molar-refractivity contribution >= 4 is 37.0 Å². The van der Waals surface area contributed by atoms with Crippen LogP contribution in [0.5, 0.6) is 0 Å². The van der Waals surface area contributed by atoms with Gasteiger partial charge in [0.15, 0.2) is 0 Å². The molecule has 0 aliphatic carbocycles. The lowest BCUT2D eigenvalue weighted by Crippen LogP contribution is -2.45. The summed E-state index contributed by atoms with van der Waals surface area (Å²) in [4.78, 5) is 29.3. The molecular formula is C30H34O4SSi. The predicted molar refractivity (Wildman–Crippen MR) is 150 cm³/mol. The molecule has 4 rings (SSSR count). The Hall–Kier alpha value is -2.83. The second kappa shape index (κ2) is 10.6. The number of fused-ring (bicyclic) bond motifs is 5. The SMILES string of the molecule is CCCCCc1c(C(=O)OC)c(C(=O)OC)c([Si](C)(C)C)c2c1-c1ccccc1Sc1ccccc1-2. The fourth-order valence-electron chi connectivity index (χ4n) is 5.20. The zero-order valence-corrected chi connectivity index (χ0v) is 23.8. The molecule has 0 unspecified atom stereocenters.